The van der Waals surface area contributed by atoms with Crippen LogP contribution in [0.4, 0.5) is 5.69 Å². The Balaban J connectivity index is 1.95. The number of methoxy groups -OCH3 is 2. The van der Waals surface area contributed by atoms with Crippen LogP contribution in [0.25, 0.3) is 0 Å². The van der Waals surface area contributed by atoms with Crippen molar-refractivity contribution in [1.29, 1.82) is 0 Å². The number of rotatable bonds is 6. The van der Waals surface area contributed by atoms with Gasteiger partial charge in [0.2, 0.25) is 0 Å². The molecule has 1 atom stereocenters. The van der Waals surface area contributed by atoms with E-state index in [1.165, 1.54) is 0 Å². The van der Waals surface area contributed by atoms with Crippen molar-refractivity contribution in [3.8, 4) is 11.5 Å². The molecule has 6 nitrogen and oxygen atoms in total. The van der Waals surface area contributed by atoms with E-state index in [0.717, 1.165) is 10.5 Å². The van der Waals surface area contributed by atoms with Gasteiger partial charge in [0.25, 0.3) is 5.91 Å². The molecule has 0 saturated heterocycles. The van der Waals surface area contributed by atoms with Gasteiger partial charge in [-0.25, -0.2) is 0 Å². The van der Waals surface area contributed by atoms with Crippen LogP contribution in [-0.2, 0) is 4.79 Å². The fraction of sp³-hybridized carbons (Fsp3) is 0.238. The molecule has 0 aromatic heterocycles. The first kappa shape index (κ1) is 21.0. The quantitative estimate of drug-likeness (QED) is 0.476. The van der Waals surface area contributed by atoms with E-state index in [1.54, 1.807) is 44.2 Å². The highest BCUT2D eigenvalue weighted by Gasteiger charge is 2.30. The van der Waals surface area contributed by atoms with Crippen LogP contribution < -0.4 is 25.4 Å². The average Bonchev–Trinajstić information content (AvgIpc) is 2.73. The minimum Gasteiger partial charge on any atom is -0.497 e. The maximum absolute atomic E-state index is 13.3. The minimum atomic E-state index is -0.365. The zero-order chi connectivity index (χ0) is 21.0. The first-order valence-corrected chi connectivity index (χ1v) is 10.6. The normalized spacial score (nSPS) is 16.0. The van der Waals surface area contributed by atoms with E-state index >= 15 is 0 Å². The standard InChI is InChI=1S/C21H23N3O3S2/c1-12-18(20(25)23-16-11-14(26-2)7-10-17(16)27-3)19(24-21(28)22-12)13-5-8-15(29-4)9-6-13/h5-11,19H,1-4H3,(H,23,25)(H2,22,24,28). The lowest BCUT2D eigenvalue weighted by molar-refractivity contribution is -0.113. The van der Waals surface area contributed by atoms with Gasteiger partial charge in [0.15, 0.2) is 5.11 Å². The van der Waals surface area contributed by atoms with Gasteiger partial charge >= 0.3 is 0 Å². The zero-order valence-electron chi connectivity index (χ0n) is 16.7. The SMILES string of the molecule is COc1ccc(OC)c(NC(=O)C2=C(C)NC(=S)NC2c2ccc(SC)cc2)c1. The molecule has 1 amide bonds. The molecule has 0 radical (unpaired) electrons. The molecular formula is C21H23N3O3S2. The van der Waals surface area contributed by atoms with Crippen molar-refractivity contribution in [2.75, 3.05) is 25.8 Å². The third kappa shape index (κ3) is 4.65. The Labute approximate surface area is 180 Å². The second kappa shape index (κ2) is 9.19. The number of allylic oxidation sites excluding steroid dienone is 1. The highest BCUT2D eigenvalue weighted by Crippen LogP contribution is 2.32. The predicted octanol–water partition coefficient (Wildman–Crippen LogP) is 3.86. The van der Waals surface area contributed by atoms with Gasteiger partial charge in [0.05, 0.1) is 31.5 Å². The average molecular weight is 430 g/mol. The van der Waals surface area contributed by atoms with E-state index in [1.807, 2.05) is 37.4 Å². The van der Waals surface area contributed by atoms with E-state index in [0.29, 0.717) is 33.6 Å². The summed E-state index contributed by atoms with van der Waals surface area (Å²) in [6, 6.07) is 13.0. The minimum absolute atomic E-state index is 0.254. The van der Waals surface area contributed by atoms with Crippen molar-refractivity contribution in [2.24, 2.45) is 0 Å². The number of ether oxygens (including phenoxy) is 2. The number of hydrogen-bond acceptors (Lipinski definition) is 5. The fourth-order valence-corrected chi connectivity index (χ4v) is 3.82. The second-order valence-electron chi connectivity index (χ2n) is 6.36. The summed E-state index contributed by atoms with van der Waals surface area (Å²) in [5.74, 6) is 0.915. The predicted molar refractivity (Wildman–Crippen MR) is 121 cm³/mol. The van der Waals surface area contributed by atoms with Crippen molar-refractivity contribution < 1.29 is 14.3 Å². The van der Waals surface area contributed by atoms with Crippen LogP contribution in [0.2, 0.25) is 0 Å². The first-order chi connectivity index (χ1) is 14.0. The molecule has 0 bridgehead atoms. The first-order valence-electron chi connectivity index (χ1n) is 8.92. The van der Waals surface area contributed by atoms with Crippen LogP contribution in [0, 0.1) is 0 Å². The van der Waals surface area contributed by atoms with Gasteiger partial charge in [-0.2, -0.15) is 0 Å². The maximum atomic E-state index is 13.3. The Morgan fingerprint density at radius 3 is 2.48 bits per heavy atom. The molecule has 0 aliphatic carbocycles. The molecule has 2 aromatic rings. The molecule has 3 N–H and O–H groups in total. The number of thioether (sulfide) groups is 1. The number of anilines is 1. The van der Waals surface area contributed by atoms with Gasteiger partial charge in [-0.05, 0) is 55.2 Å². The number of hydrogen-bond donors (Lipinski definition) is 3. The van der Waals surface area contributed by atoms with Crippen LogP contribution in [0.1, 0.15) is 18.5 Å². The van der Waals surface area contributed by atoms with Gasteiger partial charge in [0, 0.05) is 16.7 Å². The number of benzene rings is 2. The Bertz CT molecular complexity index is 958. The zero-order valence-corrected chi connectivity index (χ0v) is 18.3. The van der Waals surface area contributed by atoms with Crippen molar-refractivity contribution in [2.45, 2.75) is 17.9 Å². The molecule has 8 heteroatoms. The summed E-state index contributed by atoms with van der Waals surface area (Å²) in [6.45, 7) is 1.84. The summed E-state index contributed by atoms with van der Waals surface area (Å²) in [6.07, 6.45) is 2.03. The molecule has 152 valence electrons. The number of carbonyl (C=O) groups excluding carboxylic acids is 1. The topological polar surface area (TPSA) is 71.6 Å². The maximum Gasteiger partial charge on any atom is 0.255 e. The van der Waals surface area contributed by atoms with Crippen LogP contribution in [-0.4, -0.2) is 31.5 Å². The van der Waals surface area contributed by atoms with Crippen LogP contribution in [0.5, 0.6) is 11.5 Å². The lowest BCUT2D eigenvalue weighted by Gasteiger charge is -2.30. The van der Waals surface area contributed by atoms with E-state index in [9.17, 15) is 4.79 Å². The Hall–Kier alpha value is -2.71. The van der Waals surface area contributed by atoms with E-state index in [2.05, 4.69) is 16.0 Å². The van der Waals surface area contributed by atoms with Crippen molar-refractivity contribution in [3.63, 3.8) is 0 Å². The molecule has 1 aliphatic heterocycles. The van der Waals surface area contributed by atoms with Gasteiger partial charge in [-0.15, -0.1) is 11.8 Å². The highest BCUT2D eigenvalue weighted by atomic mass is 32.2. The second-order valence-corrected chi connectivity index (χ2v) is 7.65. The van der Waals surface area contributed by atoms with Crippen molar-refractivity contribution in [1.82, 2.24) is 10.6 Å². The molecule has 1 heterocycles. The van der Waals surface area contributed by atoms with E-state index in [4.69, 9.17) is 21.7 Å². The molecular weight excluding hydrogens is 406 g/mol. The largest absolute Gasteiger partial charge is 0.497 e. The van der Waals surface area contributed by atoms with Crippen LogP contribution >= 0.6 is 24.0 Å². The third-order valence-electron chi connectivity index (χ3n) is 4.62. The molecule has 3 rings (SSSR count). The monoisotopic (exact) mass is 429 g/mol. The van der Waals surface area contributed by atoms with Gasteiger partial charge in [0.1, 0.15) is 11.5 Å². The summed E-state index contributed by atoms with van der Waals surface area (Å²) in [5, 5.41) is 9.68. The van der Waals surface area contributed by atoms with Gasteiger partial charge in [-0.3, -0.25) is 4.79 Å². The molecule has 2 aromatic carbocycles. The van der Waals surface area contributed by atoms with Crippen molar-refractivity contribution >= 4 is 40.7 Å². The molecule has 1 unspecified atom stereocenters. The fourth-order valence-electron chi connectivity index (χ4n) is 3.14. The summed E-state index contributed by atoms with van der Waals surface area (Å²) < 4.78 is 10.6. The number of carbonyl (C=O) groups is 1. The van der Waals surface area contributed by atoms with Crippen molar-refractivity contribution in [3.05, 3.63) is 59.3 Å². The summed E-state index contributed by atoms with van der Waals surface area (Å²) in [4.78, 5) is 14.4. The number of thiocarbonyl (C=S) groups is 1. The van der Waals surface area contributed by atoms with Crippen LogP contribution in [0.3, 0.4) is 0 Å². The lowest BCUT2D eigenvalue weighted by atomic mass is 9.95. The molecule has 0 saturated carbocycles. The summed E-state index contributed by atoms with van der Waals surface area (Å²) in [5.41, 5.74) is 2.74. The summed E-state index contributed by atoms with van der Waals surface area (Å²) in [7, 11) is 3.13. The van der Waals surface area contributed by atoms with Gasteiger partial charge < -0.3 is 25.4 Å². The Morgan fingerprint density at radius 2 is 1.86 bits per heavy atom. The third-order valence-corrected chi connectivity index (χ3v) is 5.58. The highest BCUT2D eigenvalue weighted by molar-refractivity contribution is 7.98. The molecule has 0 fully saturated rings. The molecule has 1 aliphatic rings. The van der Waals surface area contributed by atoms with E-state index < -0.39 is 0 Å². The Kier molecular flexibility index (Phi) is 6.66. The Morgan fingerprint density at radius 1 is 1.14 bits per heavy atom. The number of nitrogens with one attached hydrogen (secondary N) is 3. The van der Waals surface area contributed by atoms with Crippen LogP contribution in [0.15, 0.2) is 58.6 Å². The smallest absolute Gasteiger partial charge is 0.255 e. The summed E-state index contributed by atoms with van der Waals surface area (Å²) >= 11 is 6.99. The van der Waals surface area contributed by atoms with E-state index in [-0.39, 0.29) is 11.9 Å². The molecule has 29 heavy (non-hydrogen) atoms. The number of amides is 1. The molecule has 0 spiro atoms. The van der Waals surface area contributed by atoms with Gasteiger partial charge in [-0.1, -0.05) is 12.1 Å². The lowest BCUT2D eigenvalue weighted by Crippen LogP contribution is -2.45.